The van der Waals surface area contributed by atoms with Crippen LogP contribution in [0.1, 0.15) is 58.2 Å². The summed E-state index contributed by atoms with van der Waals surface area (Å²) in [5.41, 5.74) is 4.90. The minimum absolute atomic E-state index is 0.106. The number of H-pyrrole nitrogens is 2. The van der Waals surface area contributed by atoms with Gasteiger partial charge in [-0.3, -0.25) is 9.59 Å². The van der Waals surface area contributed by atoms with E-state index in [1.165, 1.54) is 14.2 Å². The number of aromatic nitrogens is 4. The van der Waals surface area contributed by atoms with Crippen LogP contribution < -0.4 is 25.4 Å². The van der Waals surface area contributed by atoms with Crippen molar-refractivity contribution in [3.8, 4) is 45.1 Å². The Morgan fingerprint density at radius 2 is 1.33 bits per heavy atom. The molecule has 18 nitrogen and oxygen atoms in total. The normalized spacial score (nSPS) is 14.6. The maximum atomic E-state index is 13.7. The van der Waals surface area contributed by atoms with Gasteiger partial charge in [0.1, 0.15) is 36.9 Å². The number of hydrogen-bond acceptors (Lipinski definition) is 13. The lowest BCUT2D eigenvalue weighted by molar-refractivity contribution is -0.135. The van der Waals surface area contributed by atoms with E-state index in [1.54, 1.807) is 43.3 Å². The van der Waals surface area contributed by atoms with Crippen molar-refractivity contribution >= 4 is 35.8 Å². The first-order valence-electron chi connectivity index (χ1n) is 21.4. The highest BCUT2D eigenvalue weighted by molar-refractivity contribution is 7.99. The smallest absolute Gasteiger partial charge is 0.407 e. The van der Waals surface area contributed by atoms with Crippen molar-refractivity contribution in [2.75, 3.05) is 73.0 Å². The van der Waals surface area contributed by atoms with Crippen molar-refractivity contribution in [2.24, 2.45) is 11.8 Å². The molecular formula is C45H62N8O10S. The number of aromatic amines is 2. The SMILES string of the molecule is COCCOc1c(-c2ccc(-c3cnc(C4CSCN4C(=O)C(NC(=O)OC)C(C)C)[nH]3)cc2)ccc(-c2cnc(CCCCNC(=O)[C@@H](NC(=O)OC)C(C)C)[nH]2)c1OCCOC. The lowest BCUT2D eigenvalue weighted by Crippen LogP contribution is -2.51. The molecule has 4 amide bonds. The van der Waals surface area contributed by atoms with Crippen LogP contribution >= 0.6 is 11.8 Å². The molecule has 1 fully saturated rings. The van der Waals surface area contributed by atoms with Gasteiger partial charge in [0.25, 0.3) is 0 Å². The van der Waals surface area contributed by atoms with Gasteiger partial charge in [-0.15, -0.1) is 11.8 Å². The van der Waals surface area contributed by atoms with E-state index in [1.807, 2.05) is 64.1 Å². The topological polar surface area (TPSA) is 220 Å². The summed E-state index contributed by atoms with van der Waals surface area (Å²) in [6.07, 6.45) is 4.36. The van der Waals surface area contributed by atoms with Gasteiger partial charge in [-0.25, -0.2) is 19.6 Å². The molecule has 0 saturated carbocycles. The van der Waals surface area contributed by atoms with Crippen molar-refractivity contribution < 1.29 is 47.6 Å². The van der Waals surface area contributed by atoms with E-state index >= 15 is 0 Å². The second kappa shape index (κ2) is 24.3. The van der Waals surface area contributed by atoms with Crippen LogP contribution in [0.15, 0.2) is 48.8 Å². The summed E-state index contributed by atoms with van der Waals surface area (Å²) in [5.74, 6) is 2.97. The van der Waals surface area contributed by atoms with Gasteiger partial charge >= 0.3 is 12.2 Å². The molecule has 0 spiro atoms. The third-order valence-corrected chi connectivity index (χ3v) is 11.6. The average Bonchev–Trinajstić information content (AvgIpc) is 4.09. The van der Waals surface area contributed by atoms with E-state index in [2.05, 4.69) is 35.6 Å². The van der Waals surface area contributed by atoms with Gasteiger partial charge in [-0.05, 0) is 47.9 Å². The van der Waals surface area contributed by atoms with E-state index < -0.39 is 24.3 Å². The number of thioether (sulfide) groups is 1. The number of aryl methyl sites for hydroxylation is 1. The maximum absolute atomic E-state index is 13.7. The van der Waals surface area contributed by atoms with E-state index in [0.29, 0.717) is 61.6 Å². The Morgan fingerprint density at radius 1 is 0.734 bits per heavy atom. The molecular weight excluding hydrogens is 845 g/mol. The van der Waals surface area contributed by atoms with Gasteiger partial charge in [0.15, 0.2) is 11.5 Å². The lowest BCUT2D eigenvalue weighted by atomic mass is 9.98. The zero-order chi connectivity index (χ0) is 46.2. The monoisotopic (exact) mass is 906 g/mol. The van der Waals surface area contributed by atoms with Crippen LogP contribution in [0.2, 0.25) is 0 Å². The molecule has 4 aromatic rings. The third kappa shape index (κ3) is 12.9. The number of benzene rings is 2. The fourth-order valence-corrected chi connectivity index (χ4v) is 8.25. The summed E-state index contributed by atoms with van der Waals surface area (Å²) in [6.45, 7) is 9.20. The molecule has 2 unspecified atom stereocenters. The first-order valence-corrected chi connectivity index (χ1v) is 22.5. The molecule has 2 aromatic carbocycles. The lowest BCUT2D eigenvalue weighted by Gasteiger charge is -2.29. The molecule has 5 rings (SSSR count). The molecule has 1 saturated heterocycles. The number of methoxy groups -OCH3 is 4. The van der Waals surface area contributed by atoms with Crippen LogP contribution in [-0.4, -0.2) is 134 Å². The molecule has 348 valence electrons. The Hall–Kier alpha value is -5.79. The quantitative estimate of drug-likeness (QED) is 0.0544. The van der Waals surface area contributed by atoms with Crippen molar-refractivity contribution in [2.45, 2.75) is 65.1 Å². The summed E-state index contributed by atoms with van der Waals surface area (Å²) < 4.78 is 32.9. The number of unbranched alkanes of at least 4 members (excludes halogenated alkanes) is 1. The van der Waals surface area contributed by atoms with Gasteiger partial charge < -0.3 is 59.2 Å². The predicted octanol–water partition coefficient (Wildman–Crippen LogP) is 5.96. The van der Waals surface area contributed by atoms with E-state index in [-0.39, 0.29) is 42.9 Å². The van der Waals surface area contributed by atoms with Crippen LogP contribution in [0.5, 0.6) is 11.5 Å². The molecule has 0 radical (unpaired) electrons. The number of carbonyl (C=O) groups excluding carboxylic acids is 4. The number of amides is 4. The van der Waals surface area contributed by atoms with Gasteiger partial charge in [0, 0.05) is 44.1 Å². The molecule has 2 aromatic heterocycles. The molecule has 3 heterocycles. The minimum Gasteiger partial charge on any atom is -0.487 e. The number of alkyl carbamates (subject to hydrolysis) is 2. The second-order valence-electron chi connectivity index (χ2n) is 15.8. The van der Waals surface area contributed by atoms with Crippen LogP contribution in [0, 0.1) is 11.8 Å². The van der Waals surface area contributed by atoms with Gasteiger partial charge in [-0.2, -0.15) is 0 Å². The van der Waals surface area contributed by atoms with Crippen LogP contribution in [0.4, 0.5) is 9.59 Å². The molecule has 19 heteroatoms. The molecule has 1 aliphatic rings. The molecule has 64 heavy (non-hydrogen) atoms. The summed E-state index contributed by atoms with van der Waals surface area (Å²) in [6, 6.07) is 10.3. The number of nitrogens with zero attached hydrogens (tertiary/aromatic N) is 3. The van der Waals surface area contributed by atoms with Crippen LogP contribution in [0.25, 0.3) is 33.6 Å². The maximum Gasteiger partial charge on any atom is 0.407 e. The van der Waals surface area contributed by atoms with Crippen molar-refractivity contribution in [3.05, 3.63) is 60.4 Å². The number of ether oxygens (including phenoxy) is 6. The van der Waals surface area contributed by atoms with Crippen molar-refractivity contribution in [1.29, 1.82) is 0 Å². The van der Waals surface area contributed by atoms with Crippen molar-refractivity contribution in [3.63, 3.8) is 0 Å². The summed E-state index contributed by atoms with van der Waals surface area (Å²) in [4.78, 5) is 68.1. The van der Waals surface area contributed by atoms with Crippen molar-refractivity contribution in [1.82, 2.24) is 40.8 Å². The molecule has 5 N–H and O–H groups in total. The minimum atomic E-state index is -0.732. The largest absolute Gasteiger partial charge is 0.487 e. The Bertz CT molecular complexity index is 2140. The standard InChI is InChI=1S/C45H62N8O10S/c1-27(2)37(51-44(56)60-7)42(54)46-18-10-9-11-36-47-24-34(49-36)32-17-16-31(39(62-21-19-58-5)40(32)63-22-20-59-6)29-12-14-30(15-13-29)33-23-48-41(50-33)35-25-64-26-53(35)43(55)38(28(3)4)52-45(57)61-8/h12-17,23-24,27-28,35,37-38H,9-11,18-22,25-26H2,1-8H3,(H,46,54)(H,47,49)(H,48,50)(H,51,56)(H,52,57)/t35?,37-,38?/m0/s1. The number of carbonyl (C=O) groups is 4. The van der Waals surface area contributed by atoms with Gasteiger partial charge in [0.2, 0.25) is 11.8 Å². The fraction of sp³-hybridized carbons (Fsp3) is 0.511. The Morgan fingerprint density at radius 3 is 1.95 bits per heavy atom. The fourth-order valence-electron chi connectivity index (χ4n) is 7.08. The first-order chi connectivity index (χ1) is 30.9. The number of rotatable bonds is 23. The molecule has 0 bridgehead atoms. The Kier molecular flexibility index (Phi) is 18.7. The van der Waals surface area contributed by atoms with E-state index in [9.17, 15) is 19.2 Å². The highest BCUT2D eigenvalue weighted by atomic mass is 32.2. The molecule has 0 aliphatic carbocycles. The number of hydrogen-bond donors (Lipinski definition) is 5. The third-order valence-electron chi connectivity index (χ3n) is 10.6. The van der Waals surface area contributed by atoms with Gasteiger partial charge in [0.05, 0.1) is 63.1 Å². The zero-order valence-corrected chi connectivity index (χ0v) is 38.7. The molecule has 3 atom stereocenters. The average molecular weight is 907 g/mol. The number of imidazole rings is 2. The highest BCUT2D eigenvalue weighted by Gasteiger charge is 2.38. The number of nitrogens with one attached hydrogen (secondary N) is 5. The predicted molar refractivity (Wildman–Crippen MR) is 243 cm³/mol. The molecule has 1 aliphatic heterocycles. The first kappa shape index (κ1) is 49.2. The summed E-state index contributed by atoms with van der Waals surface area (Å²) in [7, 11) is 5.78. The Labute approximate surface area is 378 Å². The highest BCUT2D eigenvalue weighted by Crippen LogP contribution is 2.45. The van der Waals surface area contributed by atoms with Gasteiger partial charge in [-0.1, -0.05) is 52.0 Å². The van der Waals surface area contributed by atoms with Crippen LogP contribution in [-0.2, 0) is 35.0 Å². The van der Waals surface area contributed by atoms with E-state index in [4.69, 9.17) is 28.7 Å². The Balaban J connectivity index is 1.33. The van der Waals surface area contributed by atoms with E-state index in [0.717, 1.165) is 45.9 Å². The van der Waals surface area contributed by atoms with Crippen LogP contribution in [0.3, 0.4) is 0 Å². The summed E-state index contributed by atoms with van der Waals surface area (Å²) >= 11 is 1.63. The summed E-state index contributed by atoms with van der Waals surface area (Å²) in [5, 5.41) is 8.18. The zero-order valence-electron chi connectivity index (χ0n) is 37.9. The second-order valence-corrected chi connectivity index (χ2v) is 16.8.